The maximum Gasteiger partial charge on any atom is 0.311 e. The third-order valence-electron chi connectivity index (χ3n) is 5.82. The molecule has 0 aliphatic carbocycles. The maximum absolute atomic E-state index is 12.7. The summed E-state index contributed by atoms with van der Waals surface area (Å²) < 4.78 is 15.5. The lowest BCUT2D eigenvalue weighted by Crippen LogP contribution is -2.58. The number of carbonyl (C=O) groups excluding carboxylic acids is 3. The quantitative estimate of drug-likeness (QED) is 0.435. The van der Waals surface area contributed by atoms with Gasteiger partial charge in [0.05, 0.1) is 36.8 Å². The number of nitrogens with zero attached hydrogens (tertiary/aromatic N) is 2. The Hall–Kier alpha value is -2.36. The van der Waals surface area contributed by atoms with Crippen molar-refractivity contribution < 1.29 is 33.4 Å². The summed E-state index contributed by atoms with van der Waals surface area (Å²) in [7, 11) is 2.84. The molecule has 1 aromatic rings. The summed E-state index contributed by atoms with van der Waals surface area (Å²) in [6, 6.07) is 6.94. The zero-order valence-corrected chi connectivity index (χ0v) is 18.4. The lowest BCUT2D eigenvalue weighted by molar-refractivity contribution is -0.226. The van der Waals surface area contributed by atoms with Gasteiger partial charge < -0.3 is 19.1 Å². The van der Waals surface area contributed by atoms with Crippen LogP contribution in [0.3, 0.4) is 0 Å². The second-order valence-electron chi connectivity index (χ2n) is 7.50. The van der Waals surface area contributed by atoms with Crippen molar-refractivity contribution in [1.82, 2.24) is 9.96 Å². The largest absolute Gasteiger partial charge is 0.482 e. The topological polar surface area (TPSA) is 94.6 Å². The van der Waals surface area contributed by atoms with Gasteiger partial charge in [0.1, 0.15) is 5.75 Å². The lowest BCUT2D eigenvalue weighted by atomic mass is 9.77. The van der Waals surface area contributed by atoms with E-state index in [-0.39, 0.29) is 31.4 Å². The molecule has 9 nitrogen and oxygen atoms in total. The van der Waals surface area contributed by atoms with Gasteiger partial charge in [-0.1, -0.05) is 23.7 Å². The minimum atomic E-state index is -0.849. The van der Waals surface area contributed by atoms with Gasteiger partial charge in [-0.15, -0.1) is 0 Å². The summed E-state index contributed by atoms with van der Waals surface area (Å²) in [5.41, 5.74) is -0.849. The Bertz CT molecular complexity index is 811. The molecule has 0 aromatic heterocycles. The Balaban J connectivity index is 1.66. The van der Waals surface area contributed by atoms with Crippen LogP contribution in [0.5, 0.6) is 5.75 Å². The molecule has 0 unspecified atom stereocenters. The number of likely N-dealkylation sites (tertiary alicyclic amines) is 1. The molecule has 1 atom stereocenters. The number of rotatable bonds is 8. The zero-order valence-electron chi connectivity index (χ0n) is 17.7. The number of benzene rings is 1. The molecule has 1 spiro atoms. The van der Waals surface area contributed by atoms with E-state index in [0.29, 0.717) is 43.3 Å². The van der Waals surface area contributed by atoms with Crippen molar-refractivity contribution in [3.8, 4) is 5.75 Å². The van der Waals surface area contributed by atoms with E-state index in [1.165, 1.54) is 19.3 Å². The number of amides is 2. The van der Waals surface area contributed by atoms with Crippen LogP contribution in [0.4, 0.5) is 0 Å². The first-order valence-electron chi connectivity index (χ1n) is 10.1. The first-order chi connectivity index (χ1) is 14.9. The van der Waals surface area contributed by atoms with E-state index in [9.17, 15) is 14.4 Å². The summed E-state index contributed by atoms with van der Waals surface area (Å²) >= 11 is 6.06. The predicted molar refractivity (Wildman–Crippen MR) is 110 cm³/mol. The van der Waals surface area contributed by atoms with Gasteiger partial charge in [-0.3, -0.25) is 19.2 Å². The Morgan fingerprint density at radius 2 is 1.87 bits per heavy atom. The molecular weight excluding hydrogens is 428 g/mol. The summed E-state index contributed by atoms with van der Waals surface area (Å²) in [5, 5.41) is 1.75. The number of esters is 1. The van der Waals surface area contributed by atoms with Crippen molar-refractivity contribution in [3.63, 3.8) is 0 Å². The molecule has 3 rings (SSSR count). The molecule has 2 saturated heterocycles. The molecule has 2 amide bonds. The molecule has 2 aliphatic rings. The standard InChI is InChI=1S/C21H27ClN2O7/c1-28-11-12-31-24-18(25)13-15(20(27)29-2)21(24)7-9-23(10-8-21)19(26)14-30-17-6-4-3-5-16(17)22/h3-6,15H,7-14H2,1-2H3/t15-/m0/s1. The molecular formula is C21H27ClN2O7. The monoisotopic (exact) mass is 454 g/mol. The van der Waals surface area contributed by atoms with Crippen molar-refractivity contribution in [2.45, 2.75) is 24.8 Å². The molecule has 0 saturated carbocycles. The van der Waals surface area contributed by atoms with Crippen LogP contribution in [-0.2, 0) is 28.7 Å². The molecule has 2 aliphatic heterocycles. The fourth-order valence-electron chi connectivity index (χ4n) is 4.18. The molecule has 2 fully saturated rings. The number of piperidine rings is 1. The SMILES string of the molecule is COCCON1C(=O)C[C@@H](C(=O)OC)C12CCN(C(=O)COc1ccccc1Cl)CC2. The van der Waals surface area contributed by atoms with Gasteiger partial charge in [-0.2, -0.15) is 0 Å². The Kier molecular flexibility index (Phi) is 7.74. The number of hydroxylamine groups is 2. The van der Waals surface area contributed by atoms with E-state index in [2.05, 4.69) is 0 Å². The van der Waals surface area contributed by atoms with Crippen LogP contribution in [0.1, 0.15) is 19.3 Å². The van der Waals surface area contributed by atoms with Crippen molar-refractivity contribution >= 4 is 29.4 Å². The Labute approximate surface area is 186 Å². The van der Waals surface area contributed by atoms with Gasteiger partial charge in [-0.25, -0.2) is 5.06 Å². The normalized spacial score (nSPS) is 20.2. The maximum atomic E-state index is 12.7. The molecule has 31 heavy (non-hydrogen) atoms. The summed E-state index contributed by atoms with van der Waals surface area (Å²) in [6.45, 7) is 1.06. The van der Waals surface area contributed by atoms with Gasteiger partial charge in [-0.05, 0) is 25.0 Å². The second-order valence-corrected chi connectivity index (χ2v) is 7.90. The van der Waals surface area contributed by atoms with Crippen LogP contribution in [0.25, 0.3) is 0 Å². The fraction of sp³-hybridized carbons (Fsp3) is 0.571. The molecule has 2 heterocycles. The Morgan fingerprint density at radius 1 is 1.16 bits per heavy atom. The molecule has 10 heteroatoms. The number of hydrogen-bond donors (Lipinski definition) is 0. The van der Waals surface area contributed by atoms with Gasteiger partial charge >= 0.3 is 5.97 Å². The second kappa shape index (κ2) is 10.3. The van der Waals surface area contributed by atoms with Crippen LogP contribution in [0, 0.1) is 5.92 Å². The molecule has 0 bridgehead atoms. The third kappa shape index (κ3) is 4.94. The summed E-state index contributed by atoms with van der Waals surface area (Å²) in [5.74, 6) is -1.12. The molecule has 0 N–H and O–H groups in total. The van der Waals surface area contributed by atoms with Crippen molar-refractivity contribution in [2.24, 2.45) is 5.92 Å². The highest BCUT2D eigenvalue weighted by Crippen LogP contribution is 2.44. The van der Waals surface area contributed by atoms with E-state index in [0.717, 1.165) is 0 Å². The molecule has 1 aromatic carbocycles. The van der Waals surface area contributed by atoms with E-state index in [1.807, 2.05) is 0 Å². The zero-order chi connectivity index (χ0) is 22.4. The average molecular weight is 455 g/mol. The van der Waals surface area contributed by atoms with Crippen molar-refractivity contribution in [2.75, 3.05) is 47.1 Å². The van der Waals surface area contributed by atoms with Gasteiger partial charge in [0.15, 0.2) is 6.61 Å². The number of ether oxygens (including phenoxy) is 3. The first-order valence-corrected chi connectivity index (χ1v) is 10.5. The number of methoxy groups -OCH3 is 2. The highest BCUT2D eigenvalue weighted by Gasteiger charge is 2.58. The van der Waals surface area contributed by atoms with Crippen LogP contribution in [-0.4, -0.2) is 80.4 Å². The first kappa shape index (κ1) is 23.3. The van der Waals surface area contributed by atoms with Crippen LogP contribution >= 0.6 is 11.6 Å². The van der Waals surface area contributed by atoms with Crippen LogP contribution in [0.15, 0.2) is 24.3 Å². The third-order valence-corrected chi connectivity index (χ3v) is 6.13. The van der Waals surface area contributed by atoms with Gasteiger partial charge in [0, 0.05) is 26.6 Å². The molecule has 170 valence electrons. The smallest absolute Gasteiger partial charge is 0.311 e. The predicted octanol–water partition coefficient (Wildman–Crippen LogP) is 1.68. The highest BCUT2D eigenvalue weighted by atomic mass is 35.5. The van der Waals surface area contributed by atoms with Gasteiger partial charge in [0.25, 0.3) is 5.91 Å². The van der Waals surface area contributed by atoms with Gasteiger partial charge in [0.2, 0.25) is 5.91 Å². The van der Waals surface area contributed by atoms with Crippen LogP contribution in [0.2, 0.25) is 5.02 Å². The summed E-state index contributed by atoms with van der Waals surface area (Å²) in [6.07, 6.45) is 0.801. The average Bonchev–Trinajstić information content (AvgIpc) is 3.04. The minimum Gasteiger partial charge on any atom is -0.482 e. The highest BCUT2D eigenvalue weighted by molar-refractivity contribution is 6.32. The van der Waals surface area contributed by atoms with Crippen molar-refractivity contribution in [3.05, 3.63) is 29.3 Å². The lowest BCUT2D eigenvalue weighted by Gasteiger charge is -2.45. The van der Waals surface area contributed by atoms with E-state index >= 15 is 0 Å². The van der Waals surface area contributed by atoms with Crippen molar-refractivity contribution in [1.29, 1.82) is 0 Å². The van der Waals surface area contributed by atoms with E-state index in [4.69, 9.17) is 30.6 Å². The number of halogens is 1. The molecule has 0 radical (unpaired) electrons. The Morgan fingerprint density at radius 3 is 2.52 bits per heavy atom. The minimum absolute atomic E-state index is 0.0171. The summed E-state index contributed by atoms with van der Waals surface area (Å²) in [4.78, 5) is 45.0. The number of para-hydroxylation sites is 1. The van der Waals surface area contributed by atoms with E-state index in [1.54, 1.807) is 29.2 Å². The van der Waals surface area contributed by atoms with Crippen LogP contribution < -0.4 is 4.74 Å². The number of carbonyl (C=O) groups is 3. The van der Waals surface area contributed by atoms with E-state index < -0.39 is 17.4 Å². The fourth-order valence-corrected chi connectivity index (χ4v) is 4.37. The number of hydrogen-bond acceptors (Lipinski definition) is 7.